The molecule has 0 aliphatic rings. The highest BCUT2D eigenvalue weighted by atomic mass is 16.5. The van der Waals surface area contributed by atoms with Crippen LogP contribution < -0.4 is 10.1 Å². The first-order chi connectivity index (χ1) is 8.52. The maximum absolute atomic E-state index is 5.42. The molecular formula is C15H25NO2. The fraction of sp³-hybridized carbons (Fsp3) is 0.600. The molecule has 0 heterocycles. The predicted octanol–water partition coefficient (Wildman–Crippen LogP) is 3.16. The van der Waals surface area contributed by atoms with Gasteiger partial charge in [0.25, 0.3) is 0 Å². The zero-order chi connectivity index (χ0) is 13.6. The third kappa shape index (κ3) is 4.31. The van der Waals surface area contributed by atoms with E-state index in [9.17, 15) is 0 Å². The first kappa shape index (κ1) is 15.0. The Morgan fingerprint density at radius 2 is 1.78 bits per heavy atom. The van der Waals surface area contributed by atoms with Crippen molar-refractivity contribution in [2.45, 2.75) is 38.8 Å². The molecule has 0 bridgehead atoms. The summed E-state index contributed by atoms with van der Waals surface area (Å²) in [6.07, 6.45) is 1.05. The second-order valence-corrected chi connectivity index (χ2v) is 5.08. The zero-order valence-electron chi connectivity index (χ0n) is 12.1. The van der Waals surface area contributed by atoms with Crippen LogP contribution in [0.25, 0.3) is 0 Å². The van der Waals surface area contributed by atoms with Gasteiger partial charge in [0.2, 0.25) is 0 Å². The van der Waals surface area contributed by atoms with Crippen LogP contribution in [0.1, 0.15) is 38.8 Å². The average molecular weight is 251 g/mol. The molecule has 1 unspecified atom stereocenters. The molecule has 1 atom stereocenters. The molecular weight excluding hydrogens is 226 g/mol. The third-order valence-electron chi connectivity index (χ3n) is 3.25. The van der Waals surface area contributed by atoms with E-state index in [0.717, 1.165) is 18.7 Å². The van der Waals surface area contributed by atoms with E-state index in [1.807, 2.05) is 12.1 Å². The van der Waals surface area contributed by atoms with Gasteiger partial charge in [0.15, 0.2) is 0 Å². The lowest BCUT2D eigenvalue weighted by molar-refractivity contribution is 0.0209. The van der Waals surface area contributed by atoms with Crippen LogP contribution in [0, 0.1) is 0 Å². The Bertz CT molecular complexity index is 346. The van der Waals surface area contributed by atoms with Crippen LogP contribution in [0.4, 0.5) is 0 Å². The van der Waals surface area contributed by atoms with Crippen molar-refractivity contribution in [1.29, 1.82) is 0 Å². The minimum Gasteiger partial charge on any atom is -0.497 e. The molecule has 3 heteroatoms. The first-order valence-electron chi connectivity index (χ1n) is 6.45. The van der Waals surface area contributed by atoms with E-state index in [0.29, 0.717) is 6.04 Å². The number of nitrogens with one attached hydrogen (secondary N) is 1. The Labute approximate surface area is 110 Å². The Morgan fingerprint density at radius 1 is 1.17 bits per heavy atom. The van der Waals surface area contributed by atoms with Crippen molar-refractivity contribution in [3.05, 3.63) is 29.8 Å². The third-order valence-corrected chi connectivity index (χ3v) is 3.25. The van der Waals surface area contributed by atoms with Gasteiger partial charge in [0, 0.05) is 19.7 Å². The molecule has 1 rings (SSSR count). The Morgan fingerprint density at radius 3 is 2.22 bits per heavy atom. The predicted molar refractivity (Wildman–Crippen MR) is 75.1 cm³/mol. The van der Waals surface area contributed by atoms with E-state index in [1.54, 1.807) is 14.2 Å². The molecule has 0 aliphatic carbocycles. The van der Waals surface area contributed by atoms with E-state index in [4.69, 9.17) is 9.47 Å². The summed E-state index contributed by atoms with van der Waals surface area (Å²) in [6.45, 7) is 7.18. The van der Waals surface area contributed by atoms with Crippen molar-refractivity contribution in [2.24, 2.45) is 0 Å². The van der Waals surface area contributed by atoms with Crippen LogP contribution in [0.15, 0.2) is 24.3 Å². The lowest BCUT2D eigenvalue weighted by Crippen LogP contribution is -2.38. The molecule has 3 nitrogen and oxygen atoms in total. The quantitative estimate of drug-likeness (QED) is 0.807. The topological polar surface area (TPSA) is 30.5 Å². The molecule has 0 fully saturated rings. The van der Waals surface area contributed by atoms with E-state index in [1.165, 1.54) is 5.56 Å². The van der Waals surface area contributed by atoms with Crippen molar-refractivity contribution < 1.29 is 9.47 Å². The van der Waals surface area contributed by atoms with Gasteiger partial charge >= 0.3 is 0 Å². The Hall–Kier alpha value is -1.06. The standard InChI is InChI=1S/C15H25NO2/c1-6-14(16-11-15(2,3)18-5)12-7-9-13(17-4)10-8-12/h7-10,14,16H,6,11H2,1-5H3. The van der Waals surface area contributed by atoms with Crippen molar-refractivity contribution in [2.75, 3.05) is 20.8 Å². The minimum absolute atomic E-state index is 0.139. The summed E-state index contributed by atoms with van der Waals surface area (Å²) in [6, 6.07) is 8.58. The molecule has 0 saturated heterocycles. The van der Waals surface area contributed by atoms with Crippen molar-refractivity contribution in [3.63, 3.8) is 0 Å². The number of ether oxygens (including phenoxy) is 2. The molecule has 0 amide bonds. The number of benzene rings is 1. The molecule has 102 valence electrons. The fourth-order valence-electron chi connectivity index (χ4n) is 1.78. The SMILES string of the molecule is CCC(NCC(C)(C)OC)c1ccc(OC)cc1. The first-order valence-corrected chi connectivity index (χ1v) is 6.45. The summed E-state index contributed by atoms with van der Waals surface area (Å²) in [5.41, 5.74) is 1.14. The van der Waals surface area contributed by atoms with Gasteiger partial charge in [-0.05, 0) is 38.0 Å². The van der Waals surface area contributed by atoms with Crippen LogP contribution >= 0.6 is 0 Å². The fourth-order valence-corrected chi connectivity index (χ4v) is 1.78. The maximum atomic E-state index is 5.42. The van der Waals surface area contributed by atoms with Crippen molar-refractivity contribution in [1.82, 2.24) is 5.32 Å². The summed E-state index contributed by atoms with van der Waals surface area (Å²) in [4.78, 5) is 0. The summed E-state index contributed by atoms with van der Waals surface area (Å²) >= 11 is 0. The molecule has 1 N–H and O–H groups in total. The average Bonchev–Trinajstić information content (AvgIpc) is 2.40. The second-order valence-electron chi connectivity index (χ2n) is 5.08. The molecule has 1 aromatic carbocycles. The maximum Gasteiger partial charge on any atom is 0.118 e. The van der Waals surface area contributed by atoms with Crippen LogP contribution in [0.2, 0.25) is 0 Å². The van der Waals surface area contributed by atoms with Gasteiger partial charge in [-0.3, -0.25) is 0 Å². The number of hydrogen-bond donors (Lipinski definition) is 1. The van der Waals surface area contributed by atoms with Crippen molar-refractivity contribution >= 4 is 0 Å². The molecule has 18 heavy (non-hydrogen) atoms. The van der Waals surface area contributed by atoms with Gasteiger partial charge in [-0.25, -0.2) is 0 Å². The van der Waals surface area contributed by atoms with E-state index < -0.39 is 0 Å². The highest BCUT2D eigenvalue weighted by Crippen LogP contribution is 2.20. The van der Waals surface area contributed by atoms with E-state index >= 15 is 0 Å². The lowest BCUT2D eigenvalue weighted by atomic mass is 10.0. The monoisotopic (exact) mass is 251 g/mol. The number of rotatable bonds is 7. The zero-order valence-corrected chi connectivity index (χ0v) is 12.1. The van der Waals surface area contributed by atoms with Gasteiger partial charge in [-0.2, -0.15) is 0 Å². The summed E-state index contributed by atoms with van der Waals surface area (Å²) in [7, 11) is 3.43. The highest BCUT2D eigenvalue weighted by molar-refractivity contribution is 5.29. The van der Waals surface area contributed by atoms with Crippen molar-refractivity contribution in [3.8, 4) is 5.75 Å². The molecule has 0 saturated carbocycles. The van der Waals surface area contributed by atoms with Gasteiger partial charge in [-0.15, -0.1) is 0 Å². The molecule has 0 aliphatic heterocycles. The largest absolute Gasteiger partial charge is 0.497 e. The van der Waals surface area contributed by atoms with Gasteiger partial charge in [0.05, 0.1) is 12.7 Å². The van der Waals surface area contributed by atoms with Crippen LogP contribution in [0.3, 0.4) is 0 Å². The van der Waals surface area contributed by atoms with Crippen LogP contribution in [0.5, 0.6) is 5.75 Å². The molecule has 0 aromatic heterocycles. The highest BCUT2D eigenvalue weighted by Gasteiger charge is 2.18. The molecule has 0 radical (unpaired) electrons. The Kier molecular flexibility index (Phi) is 5.63. The van der Waals surface area contributed by atoms with E-state index in [-0.39, 0.29) is 5.60 Å². The molecule has 0 spiro atoms. The minimum atomic E-state index is -0.139. The second kappa shape index (κ2) is 6.76. The number of hydrogen-bond acceptors (Lipinski definition) is 3. The van der Waals surface area contributed by atoms with Crippen LogP contribution in [-0.2, 0) is 4.74 Å². The summed E-state index contributed by atoms with van der Waals surface area (Å²) < 4.78 is 10.6. The van der Waals surface area contributed by atoms with Gasteiger partial charge < -0.3 is 14.8 Å². The lowest BCUT2D eigenvalue weighted by Gasteiger charge is -2.27. The summed E-state index contributed by atoms with van der Waals surface area (Å²) in [5.74, 6) is 0.894. The smallest absolute Gasteiger partial charge is 0.118 e. The number of methoxy groups -OCH3 is 2. The van der Waals surface area contributed by atoms with Gasteiger partial charge in [0.1, 0.15) is 5.75 Å². The normalized spacial score (nSPS) is 13.4. The van der Waals surface area contributed by atoms with E-state index in [2.05, 4.69) is 38.2 Å². The summed E-state index contributed by atoms with van der Waals surface area (Å²) in [5, 5.41) is 3.55. The molecule has 1 aromatic rings. The van der Waals surface area contributed by atoms with Crippen LogP contribution in [-0.4, -0.2) is 26.4 Å². The Balaban J connectivity index is 2.65. The van der Waals surface area contributed by atoms with Gasteiger partial charge in [-0.1, -0.05) is 19.1 Å².